The number of quaternary nitrogens is 1. The van der Waals surface area contributed by atoms with Crippen molar-refractivity contribution in [3.8, 4) is 0 Å². The minimum atomic E-state index is 0.264. The van der Waals surface area contributed by atoms with Crippen LogP contribution in [0.15, 0.2) is 0 Å². The smallest absolute Gasteiger partial charge is 0.135 e. The van der Waals surface area contributed by atoms with Crippen LogP contribution in [-0.4, -0.2) is 12.3 Å². The highest BCUT2D eigenvalue weighted by atomic mass is 16.1. The highest BCUT2D eigenvalue weighted by Gasteiger charge is 2.08. The average Bonchev–Trinajstić information content (AvgIpc) is 2.03. The summed E-state index contributed by atoms with van der Waals surface area (Å²) in [5.41, 5.74) is 3.74. The zero-order valence-electron chi connectivity index (χ0n) is 7.73. The lowest BCUT2D eigenvalue weighted by Gasteiger charge is -2.05. The lowest BCUT2D eigenvalue weighted by Crippen LogP contribution is -2.50. The number of Topliss-reactive ketones (excluding diaryl/α,β-unsaturated/α-hetero) is 1. The largest absolute Gasteiger partial charge is 0.358 e. The summed E-state index contributed by atoms with van der Waals surface area (Å²) in [7, 11) is 0. The Kier molecular flexibility index (Phi) is 6.13. The van der Waals surface area contributed by atoms with E-state index in [1.54, 1.807) is 0 Å². The molecule has 0 amide bonds. The lowest BCUT2D eigenvalue weighted by atomic mass is 9.99. The molecule has 0 aliphatic carbocycles. The van der Waals surface area contributed by atoms with Gasteiger partial charge in [-0.2, -0.15) is 0 Å². The molecule has 3 N–H and O–H groups in total. The molecule has 2 heteroatoms. The van der Waals surface area contributed by atoms with Crippen molar-refractivity contribution >= 4 is 5.78 Å². The molecular weight excluding hydrogens is 138 g/mol. The number of hydrogen-bond acceptors (Lipinski definition) is 1. The number of carbonyl (C=O) groups is 1. The first kappa shape index (κ1) is 10.6. The van der Waals surface area contributed by atoms with Crippen LogP contribution in [0, 0.1) is 5.92 Å². The standard InChI is InChI=1S/C9H19NO/c1-3-8(2)9(11)6-4-5-7-10/h8H,3-7,10H2,1-2H3/p+1. The van der Waals surface area contributed by atoms with E-state index in [9.17, 15) is 4.79 Å². The van der Waals surface area contributed by atoms with Crippen molar-refractivity contribution in [1.29, 1.82) is 0 Å². The van der Waals surface area contributed by atoms with Gasteiger partial charge < -0.3 is 5.73 Å². The molecule has 0 rings (SSSR count). The van der Waals surface area contributed by atoms with Gasteiger partial charge in [0.1, 0.15) is 5.78 Å². The highest BCUT2D eigenvalue weighted by Crippen LogP contribution is 2.07. The van der Waals surface area contributed by atoms with Gasteiger partial charge in [-0.05, 0) is 19.3 Å². The Morgan fingerprint density at radius 2 is 2.09 bits per heavy atom. The molecule has 0 aliphatic heterocycles. The minimum absolute atomic E-state index is 0.264. The third-order valence-electron chi connectivity index (χ3n) is 2.09. The Bertz CT molecular complexity index is 112. The summed E-state index contributed by atoms with van der Waals surface area (Å²) < 4.78 is 0. The monoisotopic (exact) mass is 158 g/mol. The van der Waals surface area contributed by atoms with Crippen molar-refractivity contribution in [2.75, 3.05) is 6.54 Å². The van der Waals surface area contributed by atoms with Crippen LogP contribution in [-0.2, 0) is 4.79 Å². The molecule has 1 atom stereocenters. The van der Waals surface area contributed by atoms with Crippen molar-refractivity contribution < 1.29 is 10.5 Å². The van der Waals surface area contributed by atoms with E-state index in [4.69, 9.17) is 0 Å². The first-order valence-corrected chi connectivity index (χ1v) is 4.54. The van der Waals surface area contributed by atoms with Crippen LogP contribution < -0.4 is 5.73 Å². The van der Waals surface area contributed by atoms with Gasteiger partial charge in [-0.15, -0.1) is 0 Å². The van der Waals surface area contributed by atoms with Crippen molar-refractivity contribution in [1.82, 2.24) is 0 Å². The summed E-state index contributed by atoms with van der Waals surface area (Å²) in [6, 6.07) is 0. The molecule has 0 saturated heterocycles. The predicted octanol–water partition coefficient (Wildman–Crippen LogP) is 1.01. The van der Waals surface area contributed by atoms with Crippen molar-refractivity contribution in [3.05, 3.63) is 0 Å². The molecule has 0 bridgehead atoms. The quantitative estimate of drug-likeness (QED) is 0.576. The molecule has 0 aromatic carbocycles. The van der Waals surface area contributed by atoms with Gasteiger partial charge in [0.15, 0.2) is 0 Å². The molecule has 66 valence electrons. The number of rotatable bonds is 6. The first-order valence-electron chi connectivity index (χ1n) is 4.54. The van der Waals surface area contributed by atoms with E-state index in [2.05, 4.69) is 12.7 Å². The molecule has 0 aromatic rings. The van der Waals surface area contributed by atoms with Gasteiger partial charge in [0.05, 0.1) is 6.54 Å². The van der Waals surface area contributed by atoms with Gasteiger partial charge in [0.25, 0.3) is 0 Å². The van der Waals surface area contributed by atoms with Gasteiger partial charge >= 0.3 is 0 Å². The van der Waals surface area contributed by atoms with E-state index in [1.807, 2.05) is 6.92 Å². The van der Waals surface area contributed by atoms with Crippen LogP contribution in [0.25, 0.3) is 0 Å². The summed E-state index contributed by atoms with van der Waals surface area (Å²) in [5, 5.41) is 0. The average molecular weight is 158 g/mol. The predicted molar refractivity (Wildman–Crippen MR) is 46.1 cm³/mol. The first-order chi connectivity index (χ1) is 5.22. The molecule has 2 nitrogen and oxygen atoms in total. The summed E-state index contributed by atoms with van der Waals surface area (Å²) >= 11 is 0. The van der Waals surface area contributed by atoms with Gasteiger partial charge in [-0.1, -0.05) is 13.8 Å². The zero-order valence-corrected chi connectivity index (χ0v) is 7.73. The maximum Gasteiger partial charge on any atom is 0.135 e. The Morgan fingerprint density at radius 1 is 1.45 bits per heavy atom. The number of unbranched alkanes of at least 4 members (excludes halogenated alkanes) is 1. The summed E-state index contributed by atoms with van der Waals surface area (Å²) in [6.45, 7) is 5.02. The fraction of sp³-hybridized carbons (Fsp3) is 0.889. The van der Waals surface area contributed by atoms with E-state index >= 15 is 0 Å². The summed E-state index contributed by atoms with van der Waals surface area (Å²) in [5.74, 6) is 0.681. The second-order valence-corrected chi connectivity index (χ2v) is 3.09. The van der Waals surface area contributed by atoms with Gasteiger partial charge in [0.2, 0.25) is 0 Å². The van der Waals surface area contributed by atoms with Crippen molar-refractivity contribution in [2.24, 2.45) is 5.92 Å². The lowest BCUT2D eigenvalue weighted by molar-refractivity contribution is -0.368. The topological polar surface area (TPSA) is 44.7 Å². The number of ketones is 1. The molecule has 0 spiro atoms. The van der Waals surface area contributed by atoms with E-state index in [0.717, 1.165) is 32.2 Å². The van der Waals surface area contributed by atoms with E-state index in [-0.39, 0.29) is 5.92 Å². The van der Waals surface area contributed by atoms with Gasteiger partial charge in [0, 0.05) is 12.3 Å². The Labute approximate surface area is 69.2 Å². The van der Waals surface area contributed by atoms with Crippen LogP contribution in [0.4, 0.5) is 0 Å². The van der Waals surface area contributed by atoms with Crippen LogP contribution in [0.3, 0.4) is 0 Å². The maximum atomic E-state index is 11.2. The Morgan fingerprint density at radius 3 is 2.55 bits per heavy atom. The van der Waals surface area contributed by atoms with Crippen LogP contribution in [0.1, 0.15) is 39.5 Å². The molecule has 1 unspecified atom stereocenters. The van der Waals surface area contributed by atoms with Crippen molar-refractivity contribution in [3.63, 3.8) is 0 Å². The van der Waals surface area contributed by atoms with E-state index in [1.165, 1.54) is 0 Å². The van der Waals surface area contributed by atoms with Gasteiger partial charge in [-0.25, -0.2) is 0 Å². The van der Waals surface area contributed by atoms with Crippen LogP contribution in [0.5, 0.6) is 0 Å². The second-order valence-electron chi connectivity index (χ2n) is 3.09. The van der Waals surface area contributed by atoms with Crippen LogP contribution >= 0.6 is 0 Å². The maximum absolute atomic E-state index is 11.2. The molecule has 0 aliphatic rings. The molecule has 0 saturated carbocycles. The molecule has 0 aromatic heterocycles. The normalized spacial score (nSPS) is 13.0. The molecule has 0 heterocycles. The summed E-state index contributed by atoms with van der Waals surface area (Å²) in [4.78, 5) is 11.2. The molecule has 0 fully saturated rings. The fourth-order valence-corrected chi connectivity index (χ4v) is 0.950. The minimum Gasteiger partial charge on any atom is -0.358 e. The van der Waals surface area contributed by atoms with E-state index < -0.39 is 0 Å². The fourth-order valence-electron chi connectivity index (χ4n) is 0.950. The highest BCUT2D eigenvalue weighted by molar-refractivity contribution is 5.80. The number of carbonyl (C=O) groups excluding carboxylic acids is 1. The number of hydrogen-bond donors (Lipinski definition) is 1. The second kappa shape index (κ2) is 6.35. The zero-order chi connectivity index (χ0) is 8.69. The third-order valence-corrected chi connectivity index (χ3v) is 2.09. The summed E-state index contributed by atoms with van der Waals surface area (Å²) in [6.07, 6.45) is 3.84. The Hall–Kier alpha value is -0.370. The van der Waals surface area contributed by atoms with Gasteiger partial charge in [-0.3, -0.25) is 4.79 Å². The van der Waals surface area contributed by atoms with Crippen LogP contribution in [0.2, 0.25) is 0 Å². The van der Waals surface area contributed by atoms with E-state index in [0.29, 0.717) is 5.78 Å². The SMILES string of the molecule is CCC(C)C(=O)CCCC[NH3+]. The third kappa shape index (κ3) is 4.96. The molecule has 0 radical (unpaired) electrons. The van der Waals surface area contributed by atoms with Crippen molar-refractivity contribution in [2.45, 2.75) is 39.5 Å². The molecule has 11 heavy (non-hydrogen) atoms. The Balaban J connectivity index is 3.36. The molecular formula is C9H20NO+.